The van der Waals surface area contributed by atoms with Crippen LogP contribution >= 0.6 is 0 Å². The van der Waals surface area contributed by atoms with Crippen molar-refractivity contribution in [1.82, 2.24) is 0 Å². The topological polar surface area (TPSA) is 91.7 Å². The van der Waals surface area contributed by atoms with Gasteiger partial charge in [-0.3, -0.25) is 14.4 Å². The van der Waals surface area contributed by atoms with Gasteiger partial charge in [0.2, 0.25) is 0 Å². The fourth-order valence-corrected chi connectivity index (χ4v) is 3.76. The summed E-state index contributed by atoms with van der Waals surface area (Å²) in [4.78, 5) is 34.0. The van der Waals surface area contributed by atoms with Crippen LogP contribution in [0.15, 0.2) is 0 Å². The molecule has 2 rings (SSSR count). The van der Waals surface area contributed by atoms with Crippen LogP contribution in [0.4, 0.5) is 0 Å². The standard InChI is InChI=1S/C13H18O5/c14-8-3-6-13(4-1-2-5-13)9(7-8)10(11(15)16)12(17)18/h9-10H,1-7H2,(H,15,16)(H,17,18). The van der Waals surface area contributed by atoms with Crippen molar-refractivity contribution in [3.63, 3.8) is 0 Å². The molecule has 2 N–H and O–H groups in total. The van der Waals surface area contributed by atoms with Crippen LogP contribution in [0.3, 0.4) is 0 Å². The van der Waals surface area contributed by atoms with Crippen molar-refractivity contribution < 1.29 is 24.6 Å². The maximum absolute atomic E-state index is 11.6. The Kier molecular flexibility index (Phi) is 3.41. The van der Waals surface area contributed by atoms with Crippen LogP contribution in [0.5, 0.6) is 0 Å². The van der Waals surface area contributed by atoms with Crippen molar-refractivity contribution >= 4 is 17.7 Å². The van der Waals surface area contributed by atoms with E-state index in [0.717, 1.165) is 25.7 Å². The van der Waals surface area contributed by atoms with Crippen LogP contribution in [-0.2, 0) is 14.4 Å². The highest BCUT2D eigenvalue weighted by Crippen LogP contribution is 2.54. The van der Waals surface area contributed by atoms with Crippen molar-refractivity contribution in [2.24, 2.45) is 17.3 Å². The van der Waals surface area contributed by atoms with Crippen LogP contribution in [0.1, 0.15) is 44.9 Å². The first kappa shape index (κ1) is 13.1. The first-order chi connectivity index (χ1) is 8.46. The first-order valence-corrected chi connectivity index (χ1v) is 6.43. The average Bonchev–Trinajstić information content (AvgIpc) is 2.72. The zero-order valence-electron chi connectivity index (χ0n) is 10.2. The number of rotatable bonds is 3. The van der Waals surface area contributed by atoms with E-state index < -0.39 is 23.8 Å². The SMILES string of the molecule is O=C1CCC2(CCCC2)C(C(C(=O)O)C(=O)O)C1. The second-order valence-electron chi connectivity index (χ2n) is 5.57. The molecule has 1 spiro atoms. The molecule has 100 valence electrons. The number of hydrogen-bond donors (Lipinski definition) is 2. The van der Waals surface area contributed by atoms with Crippen molar-refractivity contribution in [3.8, 4) is 0 Å². The normalized spacial score (nSPS) is 26.7. The van der Waals surface area contributed by atoms with Gasteiger partial charge >= 0.3 is 11.9 Å². The molecule has 5 nitrogen and oxygen atoms in total. The van der Waals surface area contributed by atoms with E-state index >= 15 is 0 Å². The van der Waals surface area contributed by atoms with E-state index in [4.69, 9.17) is 10.2 Å². The molecular formula is C13H18O5. The number of carbonyl (C=O) groups excluding carboxylic acids is 1. The van der Waals surface area contributed by atoms with Gasteiger partial charge in [0, 0.05) is 12.8 Å². The fraction of sp³-hybridized carbons (Fsp3) is 0.769. The monoisotopic (exact) mass is 254 g/mol. The highest BCUT2D eigenvalue weighted by molar-refractivity contribution is 5.94. The lowest BCUT2D eigenvalue weighted by molar-refractivity contribution is -0.162. The van der Waals surface area contributed by atoms with Crippen LogP contribution in [0.2, 0.25) is 0 Å². The van der Waals surface area contributed by atoms with Gasteiger partial charge in [0.1, 0.15) is 5.78 Å². The molecule has 0 aliphatic heterocycles. The largest absolute Gasteiger partial charge is 0.481 e. The number of carboxylic acids is 2. The Labute approximate surface area is 105 Å². The van der Waals surface area contributed by atoms with Gasteiger partial charge in [-0.2, -0.15) is 0 Å². The zero-order valence-corrected chi connectivity index (χ0v) is 10.2. The second kappa shape index (κ2) is 4.71. The van der Waals surface area contributed by atoms with E-state index in [1.807, 2.05) is 0 Å². The smallest absolute Gasteiger partial charge is 0.318 e. The summed E-state index contributed by atoms with van der Waals surface area (Å²) in [6.45, 7) is 0. The average molecular weight is 254 g/mol. The maximum Gasteiger partial charge on any atom is 0.318 e. The van der Waals surface area contributed by atoms with Crippen molar-refractivity contribution in [3.05, 3.63) is 0 Å². The Hall–Kier alpha value is -1.39. The van der Waals surface area contributed by atoms with E-state index in [0.29, 0.717) is 12.8 Å². The van der Waals surface area contributed by atoms with E-state index in [1.54, 1.807) is 0 Å². The molecule has 0 saturated heterocycles. The number of carbonyl (C=O) groups is 3. The fourth-order valence-electron chi connectivity index (χ4n) is 3.76. The molecule has 0 aromatic carbocycles. The van der Waals surface area contributed by atoms with Crippen LogP contribution in [-0.4, -0.2) is 27.9 Å². The van der Waals surface area contributed by atoms with Gasteiger partial charge in [0.15, 0.2) is 5.92 Å². The molecule has 1 atom stereocenters. The minimum Gasteiger partial charge on any atom is -0.481 e. The Bertz CT molecular complexity index is 367. The van der Waals surface area contributed by atoms with Crippen molar-refractivity contribution in [2.75, 3.05) is 0 Å². The number of aliphatic carboxylic acids is 2. The summed E-state index contributed by atoms with van der Waals surface area (Å²) in [5.74, 6) is -4.59. The highest BCUT2D eigenvalue weighted by Gasteiger charge is 2.52. The minimum absolute atomic E-state index is 0.00465. The molecule has 0 radical (unpaired) electrons. The Morgan fingerprint density at radius 1 is 1.11 bits per heavy atom. The quantitative estimate of drug-likeness (QED) is 0.748. The predicted molar refractivity (Wildman–Crippen MR) is 62.0 cm³/mol. The Morgan fingerprint density at radius 3 is 2.17 bits per heavy atom. The summed E-state index contributed by atoms with van der Waals surface area (Å²) in [6.07, 6.45) is 5.00. The van der Waals surface area contributed by atoms with Crippen LogP contribution < -0.4 is 0 Å². The first-order valence-electron chi connectivity index (χ1n) is 6.43. The number of carboxylic acid groups (broad SMARTS) is 2. The maximum atomic E-state index is 11.6. The predicted octanol–water partition coefficient (Wildman–Crippen LogP) is 1.70. The third-order valence-corrected chi connectivity index (χ3v) is 4.67. The Morgan fingerprint density at radius 2 is 1.67 bits per heavy atom. The van der Waals surface area contributed by atoms with E-state index in [1.165, 1.54) is 0 Å². The van der Waals surface area contributed by atoms with Gasteiger partial charge in [-0.25, -0.2) is 0 Å². The van der Waals surface area contributed by atoms with Gasteiger partial charge in [-0.15, -0.1) is 0 Å². The summed E-state index contributed by atoms with van der Waals surface area (Å²) in [5.41, 5.74) is -0.227. The van der Waals surface area contributed by atoms with Crippen molar-refractivity contribution in [1.29, 1.82) is 0 Å². The van der Waals surface area contributed by atoms with Gasteiger partial charge in [-0.1, -0.05) is 12.8 Å². The molecule has 2 saturated carbocycles. The number of ketones is 1. The summed E-state index contributed by atoms with van der Waals surface area (Å²) in [5, 5.41) is 18.3. The number of hydrogen-bond acceptors (Lipinski definition) is 3. The van der Waals surface area contributed by atoms with Gasteiger partial charge in [0.05, 0.1) is 0 Å². The van der Waals surface area contributed by atoms with Crippen LogP contribution in [0.25, 0.3) is 0 Å². The molecule has 2 aliphatic rings. The summed E-state index contributed by atoms with van der Waals surface area (Å²) in [6, 6.07) is 0. The molecule has 18 heavy (non-hydrogen) atoms. The molecule has 0 bridgehead atoms. The van der Waals surface area contributed by atoms with E-state index in [2.05, 4.69) is 0 Å². The lowest BCUT2D eigenvalue weighted by atomic mass is 9.60. The third kappa shape index (κ3) is 2.13. The number of Topliss-reactive ketones (excluding diaryl/α,β-unsaturated/α-hetero) is 1. The van der Waals surface area contributed by atoms with E-state index in [9.17, 15) is 14.4 Å². The second-order valence-corrected chi connectivity index (χ2v) is 5.57. The van der Waals surface area contributed by atoms with E-state index in [-0.39, 0.29) is 17.6 Å². The molecule has 0 heterocycles. The lowest BCUT2D eigenvalue weighted by Gasteiger charge is -2.42. The third-order valence-electron chi connectivity index (χ3n) is 4.67. The molecular weight excluding hydrogens is 236 g/mol. The molecule has 2 fully saturated rings. The zero-order chi connectivity index (χ0) is 13.3. The Balaban J connectivity index is 2.32. The van der Waals surface area contributed by atoms with Gasteiger partial charge in [-0.05, 0) is 30.6 Å². The molecule has 0 aromatic rings. The lowest BCUT2D eigenvalue weighted by Crippen LogP contribution is -2.45. The van der Waals surface area contributed by atoms with Gasteiger partial charge < -0.3 is 10.2 Å². The summed E-state index contributed by atoms with van der Waals surface area (Å²) < 4.78 is 0. The molecule has 5 heteroatoms. The van der Waals surface area contributed by atoms with Crippen LogP contribution in [0, 0.1) is 17.3 Å². The highest BCUT2D eigenvalue weighted by atomic mass is 16.4. The van der Waals surface area contributed by atoms with Crippen molar-refractivity contribution in [2.45, 2.75) is 44.9 Å². The summed E-state index contributed by atoms with van der Waals surface area (Å²) in [7, 11) is 0. The summed E-state index contributed by atoms with van der Waals surface area (Å²) >= 11 is 0. The molecule has 2 aliphatic carbocycles. The minimum atomic E-state index is -1.44. The molecule has 0 aromatic heterocycles. The molecule has 0 amide bonds. The van der Waals surface area contributed by atoms with Gasteiger partial charge in [0.25, 0.3) is 0 Å². The molecule has 1 unspecified atom stereocenters.